The number of carbonyl (C=O) groups excluding carboxylic acids is 3. The van der Waals surface area contributed by atoms with Gasteiger partial charge in [0.05, 0.1) is 82.0 Å². The second kappa shape index (κ2) is 23.1. The number of halogens is 1. The van der Waals surface area contributed by atoms with E-state index in [2.05, 4.69) is 36.3 Å². The Hall–Kier alpha value is -6.93. The molecule has 4 aromatic carbocycles. The zero-order valence-corrected chi connectivity index (χ0v) is 41.1. The summed E-state index contributed by atoms with van der Waals surface area (Å²) in [4.78, 5) is 50.0. The number of thioether (sulfide) groups is 1. The Kier molecular flexibility index (Phi) is 16.3. The Morgan fingerprint density at radius 2 is 1.09 bits per heavy atom. The lowest BCUT2D eigenvalue weighted by atomic mass is 10.00. The van der Waals surface area contributed by atoms with Crippen LogP contribution in [0, 0.1) is 13.8 Å². The summed E-state index contributed by atoms with van der Waals surface area (Å²) in [6, 6.07) is 25.6. The van der Waals surface area contributed by atoms with E-state index in [0.29, 0.717) is 90.7 Å². The van der Waals surface area contributed by atoms with Gasteiger partial charge in [-0.15, -0.1) is 32.2 Å². The molecule has 20 heteroatoms. The molecule has 2 atom stereocenters. The SMILES string of the molecule is CCNC(=O)CC1N=C(c2ccc(SCC(=O)NCCOCCOCCNC(=O)CC3N=C(c4ccc(Cl)cc4)c4cc(OC)ccc4-n4c(C)nnc43)cc2)c2cc(OC)ccc2-n2c(C)nnc21. The number of aliphatic imine (C=N–C) groups is 2. The van der Waals surface area contributed by atoms with E-state index in [0.717, 1.165) is 38.5 Å². The molecule has 3 amide bonds. The Morgan fingerprint density at radius 3 is 1.57 bits per heavy atom. The number of nitrogens with zero attached hydrogens (tertiary/aromatic N) is 8. The summed E-state index contributed by atoms with van der Waals surface area (Å²) in [5.74, 6) is 3.57. The third-order valence-corrected chi connectivity index (χ3v) is 12.8. The second-order valence-electron chi connectivity index (χ2n) is 16.2. The van der Waals surface area contributed by atoms with Crippen LogP contribution in [0.1, 0.15) is 77.4 Å². The summed E-state index contributed by atoms with van der Waals surface area (Å²) < 4.78 is 26.4. The van der Waals surface area contributed by atoms with Crippen LogP contribution in [0.15, 0.2) is 99.8 Å². The highest BCUT2D eigenvalue weighted by Gasteiger charge is 2.32. The van der Waals surface area contributed by atoms with Gasteiger partial charge in [-0.2, -0.15) is 0 Å². The zero-order chi connectivity index (χ0) is 49.1. The van der Waals surface area contributed by atoms with Gasteiger partial charge in [0.2, 0.25) is 17.7 Å². The van der Waals surface area contributed by atoms with Gasteiger partial charge < -0.3 is 34.9 Å². The van der Waals surface area contributed by atoms with E-state index >= 15 is 0 Å². The van der Waals surface area contributed by atoms with Crippen molar-refractivity contribution >= 4 is 52.5 Å². The Balaban J connectivity index is 0.765. The first-order chi connectivity index (χ1) is 34.0. The topological polar surface area (TPSA) is 210 Å². The average molecular weight is 989 g/mol. The van der Waals surface area contributed by atoms with Crippen LogP contribution >= 0.6 is 23.4 Å². The van der Waals surface area contributed by atoms with Crippen LogP contribution in [0.25, 0.3) is 11.4 Å². The van der Waals surface area contributed by atoms with Gasteiger partial charge in [-0.25, -0.2) is 0 Å². The van der Waals surface area contributed by atoms with Crippen molar-refractivity contribution in [2.45, 2.75) is 50.6 Å². The third-order valence-electron chi connectivity index (χ3n) is 11.5. The molecule has 0 spiro atoms. The minimum Gasteiger partial charge on any atom is -0.497 e. The number of nitrogens with one attached hydrogen (secondary N) is 3. The number of aromatic nitrogens is 6. The number of hydrogen-bond acceptors (Lipinski definition) is 14. The molecule has 0 radical (unpaired) electrons. The number of methoxy groups -OCH3 is 2. The molecule has 2 aliphatic heterocycles. The van der Waals surface area contributed by atoms with Crippen molar-refractivity contribution in [1.29, 1.82) is 0 Å². The van der Waals surface area contributed by atoms with Crippen molar-refractivity contribution in [2.75, 3.05) is 66.0 Å². The number of carbonyl (C=O) groups is 3. The lowest BCUT2D eigenvalue weighted by molar-refractivity contribution is -0.122. The largest absolute Gasteiger partial charge is 0.497 e. The number of fused-ring (bicyclic) bond motifs is 6. The maximum absolute atomic E-state index is 13.3. The molecule has 0 saturated heterocycles. The number of hydrogen-bond donors (Lipinski definition) is 3. The molecule has 2 unspecified atom stereocenters. The fourth-order valence-electron chi connectivity index (χ4n) is 8.19. The highest BCUT2D eigenvalue weighted by Crippen LogP contribution is 2.36. The second-order valence-corrected chi connectivity index (χ2v) is 17.7. The molecule has 2 aromatic heterocycles. The van der Waals surface area contributed by atoms with Crippen LogP contribution in [-0.4, -0.2) is 125 Å². The molecular formula is C50H54ClN11O7S. The number of amides is 3. The van der Waals surface area contributed by atoms with E-state index in [-0.39, 0.29) is 42.9 Å². The highest BCUT2D eigenvalue weighted by molar-refractivity contribution is 8.00. The minimum atomic E-state index is -0.624. The Labute approximate surface area is 414 Å². The van der Waals surface area contributed by atoms with E-state index < -0.39 is 12.1 Å². The Morgan fingerprint density at radius 1 is 0.614 bits per heavy atom. The monoisotopic (exact) mass is 987 g/mol. The summed E-state index contributed by atoms with van der Waals surface area (Å²) in [6.45, 7) is 8.01. The normalized spacial score (nSPS) is 14.7. The number of ether oxygens (including phenoxy) is 4. The first kappa shape index (κ1) is 49.5. The summed E-state index contributed by atoms with van der Waals surface area (Å²) in [5, 5.41) is 26.9. The van der Waals surface area contributed by atoms with Crippen LogP contribution in [-0.2, 0) is 23.9 Å². The molecule has 70 heavy (non-hydrogen) atoms. The molecular weight excluding hydrogens is 934 g/mol. The van der Waals surface area contributed by atoms with E-state index in [4.69, 9.17) is 40.5 Å². The van der Waals surface area contributed by atoms with Gasteiger partial charge in [-0.3, -0.25) is 33.5 Å². The molecule has 4 heterocycles. The predicted molar refractivity (Wildman–Crippen MR) is 266 cm³/mol. The molecule has 0 saturated carbocycles. The van der Waals surface area contributed by atoms with E-state index in [1.165, 1.54) is 11.8 Å². The molecule has 6 aromatic rings. The van der Waals surface area contributed by atoms with Crippen molar-refractivity contribution in [2.24, 2.45) is 9.98 Å². The van der Waals surface area contributed by atoms with Crippen molar-refractivity contribution < 1.29 is 33.3 Å². The number of aryl methyl sites for hydroxylation is 2. The molecule has 0 aliphatic carbocycles. The summed E-state index contributed by atoms with van der Waals surface area (Å²) >= 11 is 7.64. The molecule has 2 aliphatic rings. The van der Waals surface area contributed by atoms with Gasteiger partial charge in [0.15, 0.2) is 11.6 Å². The quantitative estimate of drug-likeness (QED) is 0.0570. The maximum Gasteiger partial charge on any atom is 0.230 e. The number of benzene rings is 4. The van der Waals surface area contributed by atoms with E-state index in [9.17, 15) is 14.4 Å². The van der Waals surface area contributed by atoms with Gasteiger partial charge in [0.1, 0.15) is 35.2 Å². The van der Waals surface area contributed by atoms with Crippen LogP contribution in [0.5, 0.6) is 11.5 Å². The molecule has 8 rings (SSSR count). The van der Waals surface area contributed by atoms with Crippen LogP contribution in [0.2, 0.25) is 5.02 Å². The maximum atomic E-state index is 13.3. The molecule has 18 nitrogen and oxygen atoms in total. The molecule has 3 N–H and O–H groups in total. The van der Waals surface area contributed by atoms with Crippen LogP contribution < -0.4 is 25.4 Å². The van der Waals surface area contributed by atoms with Gasteiger partial charge in [0, 0.05) is 51.8 Å². The average Bonchev–Trinajstić information content (AvgIpc) is 3.87. The van der Waals surface area contributed by atoms with E-state index in [1.54, 1.807) is 14.2 Å². The summed E-state index contributed by atoms with van der Waals surface area (Å²) in [7, 11) is 3.23. The van der Waals surface area contributed by atoms with Crippen molar-refractivity contribution in [1.82, 2.24) is 45.5 Å². The zero-order valence-electron chi connectivity index (χ0n) is 39.5. The van der Waals surface area contributed by atoms with Crippen LogP contribution in [0.3, 0.4) is 0 Å². The van der Waals surface area contributed by atoms with Crippen molar-refractivity contribution in [3.05, 3.63) is 136 Å². The highest BCUT2D eigenvalue weighted by atomic mass is 35.5. The lowest BCUT2D eigenvalue weighted by Gasteiger charge is -2.14. The van der Waals surface area contributed by atoms with Gasteiger partial charge in [0.25, 0.3) is 0 Å². The lowest BCUT2D eigenvalue weighted by Crippen LogP contribution is -2.30. The standard InChI is InChI=1S/C50H54ClN11O7S/c1-6-52-44(63)27-40-49-59-57-30(2)61(49)43-18-14-36(67-5)26-39(43)48(55-40)33-9-15-37(16-10-33)70-29-46(65)54-20-22-69-24-23-68-21-19-53-45(64)28-41-50-60-58-31(3)62(50)42-17-13-35(66-4)25-38(42)47(56-41)32-7-11-34(51)12-8-32/h7-18,25-26,40-41H,6,19-24,27-29H2,1-5H3,(H,52,63)(H,53,64)(H,54,65). The van der Waals surface area contributed by atoms with Crippen molar-refractivity contribution in [3.63, 3.8) is 0 Å². The smallest absolute Gasteiger partial charge is 0.230 e. The van der Waals surface area contributed by atoms with Crippen LogP contribution in [0.4, 0.5) is 0 Å². The molecule has 364 valence electrons. The molecule has 0 fully saturated rings. The molecule has 0 bridgehead atoms. The van der Waals surface area contributed by atoms with Gasteiger partial charge in [-0.05, 0) is 81.4 Å². The third kappa shape index (κ3) is 11.6. The van der Waals surface area contributed by atoms with Crippen molar-refractivity contribution in [3.8, 4) is 22.9 Å². The minimum absolute atomic E-state index is 0.0391. The predicted octanol–water partition coefficient (Wildman–Crippen LogP) is 5.89. The first-order valence-electron chi connectivity index (χ1n) is 22.9. The van der Waals surface area contributed by atoms with Gasteiger partial charge >= 0.3 is 0 Å². The fourth-order valence-corrected chi connectivity index (χ4v) is 9.05. The summed E-state index contributed by atoms with van der Waals surface area (Å²) in [5.41, 5.74) is 6.35. The summed E-state index contributed by atoms with van der Waals surface area (Å²) in [6.07, 6.45) is 0.148. The van der Waals surface area contributed by atoms with E-state index in [1.807, 2.05) is 115 Å². The first-order valence-corrected chi connectivity index (χ1v) is 24.2. The fraction of sp³-hybridized carbons (Fsp3) is 0.340. The van der Waals surface area contributed by atoms with Gasteiger partial charge in [-0.1, -0.05) is 35.9 Å². The number of rotatable bonds is 21. The Bertz CT molecular complexity index is 2900.